The Morgan fingerprint density at radius 2 is 1.61 bits per heavy atom. The second kappa shape index (κ2) is 7.33. The minimum Gasteiger partial charge on any atom is -0.368 e. The minimum absolute atomic E-state index is 0.0322. The van der Waals surface area contributed by atoms with Crippen LogP contribution in [0.4, 0.5) is 24.5 Å². The van der Waals surface area contributed by atoms with Crippen LogP contribution in [-0.2, 0) is 16.2 Å². The van der Waals surface area contributed by atoms with Crippen molar-refractivity contribution in [1.29, 1.82) is 5.26 Å². The van der Waals surface area contributed by atoms with E-state index in [1.54, 1.807) is 24.3 Å². The normalized spacial score (nSPS) is 15.4. The zero-order valence-electron chi connectivity index (χ0n) is 14.6. The molecule has 2 aromatic rings. The predicted molar refractivity (Wildman–Crippen MR) is 98.4 cm³/mol. The molecule has 1 aliphatic rings. The molecule has 0 aliphatic carbocycles. The highest BCUT2D eigenvalue weighted by Crippen LogP contribution is 2.34. The molecule has 0 radical (unpaired) electrons. The van der Waals surface area contributed by atoms with Crippen molar-refractivity contribution >= 4 is 21.4 Å². The summed E-state index contributed by atoms with van der Waals surface area (Å²) < 4.78 is 62.4. The molecule has 10 heteroatoms. The number of hydrogen-bond donors (Lipinski definition) is 1. The van der Waals surface area contributed by atoms with Gasteiger partial charge in [-0.2, -0.15) is 18.4 Å². The second-order valence-corrected chi connectivity index (χ2v) is 7.86. The van der Waals surface area contributed by atoms with Gasteiger partial charge >= 0.3 is 6.18 Å². The Morgan fingerprint density at radius 3 is 2.18 bits per heavy atom. The van der Waals surface area contributed by atoms with E-state index >= 15 is 0 Å². The Kier molecular flexibility index (Phi) is 5.23. The molecular weight excluding hydrogens is 393 g/mol. The van der Waals surface area contributed by atoms with Crippen LogP contribution in [0, 0.1) is 11.3 Å². The number of hydrogen-bond acceptors (Lipinski definition) is 5. The quantitative estimate of drug-likeness (QED) is 0.840. The smallest absolute Gasteiger partial charge is 0.368 e. The number of nitrogens with zero attached hydrogens (tertiary/aromatic N) is 3. The van der Waals surface area contributed by atoms with E-state index in [1.165, 1.54) is 18.2 Å². The molecule has 0 saturated carbocycles. The fraction of sp³-hybridized carbons (Fsp3) is 0.278. The average Bonchev–Trinajstić information content (AvgIpc) is 2.66. The maximum Gasteiger partial charge on any atom is 0.417 e. The van der Waals surface area contributed by atoms with Crippen LogP contribution < -0.4 is 14.9 Å². The van der Waals surface area contributed by atoms with Gasteiger partial charge in [0, 0.05) is 31.9 Å². The third kappa shape index (κ3) is 4.05. The van der Waals surface area contributed by atoms with Gasteiger partial charge in [-0.15, -0.1) is 0 Å². The highest BCUT2D eigenvalue weighted by atomic mass is 32.2. The number of alkyl halides is 3. The summed E-state index contributed by atoms with van der Waals surface area (Å²) >= 11 is 0. The molecule has 0 unspecified atom stereocenters. The Bertz CT molecular complexity index is 1020. The van der Waals surface area contributed by atoms with E-state index in [1.807, 2.05) is 9.80 Å². The Labute approximate surface area is 160 Å². The van der Waals surface area contributed by atoms with Crippen molar-refractivity contribution in [3.8, 4) is 6.07 Å². The number of rotatable bonds is 3. The van der Waals surface area contributed by atoms with Gasteiger partial charge in [-0.05, 0) is 30.3 Å². The first-order valence-corrected chi connectivity index (χ1v) is 9.89. The van der Waals surface area contributed by atoms with Crippen LogP contribution in [0.5, 0.6) is 0 Å². The molecule has 0 spiro atoms. The first kappa shape index (κ1) is 20.0. The third-order valence-corrected chi connectivity index (χ3v) is 5.54. The number of para-hydroxylation sites is 1. The number of sulfonamides is 1. The van der Waals surface area contributed by atoms with Gasteiger partial charge in [-0.1, -0.05) is 12.1 Å². The van der Waals surface area contributed by atoms with E-state index in [9.17, 15) is 21.6 Å². The number of halogens is 3. The van der Waals surface area contributed by atoms with Crippen LogP contribution in [0.2, 0.25) is 0 Å². The molecule has 0 atom stereocenters. The molecule has 1 fully saturated rings. The van der Waals surface area contributed by atoms with Gasteiger partial charge in [-0.3, -0.25) is 0 Å². The van der Waals surface area contributed by atoms with Crippen molar-refractivity contribution in [2.45, 2.75) is 11.1 Å². The lowest BCUT2D eigenvalue weighted by molar-refractivity contribution is -0.137. The topological polar surface area (TPSA) is 90.4 Å². The highest BCUT2D eigenvalue weighted by Gasteiger charge is 2.34. The summed E-state index contributed by atoms with van der Waals surface area (Å²) in [6.45, 7) is 1.81. The third-order valence-electron chi connectivity index (χ3n) is 4.59. The molecule has 2 aromatic carbocycles. The van der Waals surface area contributed by atoms with E-state index in [4.69, 9.17) is 10.4 Å². The molecule has 28 heavy (non-hydrogen) atoms. The van der Waals surface area contributed by atoms with Crippen LogP contribution >= 0.6 is 0 Å². The van der Waals surface area contributed by atoms with Crippen molar-refractivity contribution < 1.29 is 21.6 Å². The lowest BCUT2D eigenvalue weighted by Crippen LogP contribution is -2.47. The highest BCUT2D eigenvalue weighted by molar-refractivity contribution is 7.89. The van der Waals surface area contributed by atoms with Gasteiger partial charge in [0.2, 0.25) is 10.0 Å². The minimum atomic E-state index is -4.58. The summed E-state index contributed by atoms with van der Waals surface area (Å²) in [5.74, 6) is 0. The van der Waals surface area contributed by atoms with E-state index in [0.29, 0.717) is 37.6 Å². The lowest BCUT2D eigenvalue weighted by atomic mass is 10.1. The summed E-state index contributed by atoms with van der Waals surface area (Å²) in [6.07, 6.45) is -4.58. The van der Waals surface area contributed by atoms with Gasteiger partial charge in [-0.25, -0.2) is 13.6 Å². The molecule has 0 bridgehead atoms. The van der Waals surface area contributed by atoms with Crippen LogP contribution in [-0.4, -0.2) is 34.6 Å². The van der Waals surface area contributed by atoms with Crippen molar-refractivity contribution in [2.24, 2.45) is 5.14 Å². The van der Waals surface area contributed by atoms with E-state index in [2.05, 4.69) is 0 Å². The number of nitrogens with two attached hydrogens (primary N) is 1. The molecule has 0 amide bonds. The maximum absolute atomic E-state index is 13.0. The molecule has 0 aromatic heterocycles. The average molecular weight is 410 g/mol. The van der Waals surface area contributed by atoms with Crippen LogP contribution in [0.1, 0.15) is 11.1 Å². The molecule has 6 nitrogen and oxygen atoms in total. The van der Waals surface area contributed by atoms with Crippen molar-refractivity contribution in [3.05, 3.63) is 53.6 Å². The van der Waals surface area contributed by atoms with Crippen LogP contribution in [0.15, 0.2) is 47.4 Å². The van der Waals surface area contributed by atoms with E-state index in [-0.39, 0.29) is 4.90 Å². The maximum atomic E-state index is 13.0. The zero-order valence-corrected chi connectivity index (χ0v) is 15.5. The fourth-order valence-corrected chi connectivity index (χ4v) is 3.99. The first-order valence-electron chi connectivity index (χ1n) is 8.34. The van der Waals surface area contributed by atoms with Crippen molar-refractivity contribution in [3.63, 3.8) is 0 Å². The van der Waals surface area contributed by atoms with Crippen LogP contribution in [0.25, 0.3) is 0 Å². The van der Waals surface area contributed by atoms with Gasteiger partial charge < -0.3 is 9.80 Å². The standard InChI is InChI=1S/C18H17F3N4O2S/c19-18(20,21)15-6-5-14(11-13(15)12-22)24-7-9-25(10-8-24)16-3-1-2-4-17(16)28(23,26)27/h1-6,11H,7-10H2,(H2,23,26,27). The van der Waals surface area contributed by atoms with E-state index in [0.717, 1.165) is 6.07 Å². The van der Waals surface area contributed by atoms with Gasteiger partial charge in [0.15, 0.2) is 0 Å². The second-order valence-electron chi connectivity index (χ2n) is 6.33. The molecule has 1 aliphatic heterocycles. The van der Waals surface area contributed by atoms with Gasteiger partial charge in [0.1, 0.15) is 4.90 Å². The molecule has 1 heterocycles. The number of anilines is 2. The number of nitriles is 1. The summed E-state index contributed by atoms with van der Waals surface area (Å²) in [4.78, 5) is 3.76. The zero-order chi connectivity index (χ0) is 20.5. The number of piperazine rings is 1. The molecule has 148 valence electrons. The van der Waals surface area contributed by atoms with Crippen LogP contribution in [0.3, 0.4) is 0 Å². The summed E-state index contributed by atoms with van der Waals surface area (Å²) in [5.41, 5.74) is -0.370. The Hall–Kier alpha value is -2.77. The predicted octanol–water partition coefficient (Wildman–Crippen LogP) is 2.55. The summed E-state index contributed by atoms with van der Waals surface area (Å²) in [6, 6.07) is 11.5. The summed E-state index contributed by atoms with van der Waals surface area (Å²) in [5, 5.41) is 14.3. The number of primary sulfonamides is 1. The number of benzene rings is 2. The van der Waals surface area contributed by atoms with Gasteiger partial charge in [0.05, 0.1) is 22.9 Å². The summed E-state index contributed by atoms with van der Waals surface area (Å²) in [7, 11) is -3.87. The largest absolute Gasteiger partial charge is 0.417 e. The molecule has 1 saturated heterocycles. The molecule has 3 rings (SSSR count). The van der Waals surface area contributed by atoms with Gasteiger partial charge in [0.25, 0.3) is 0 Å². The molecular formula is C18H17F3N4O2S. The Morgan fingerprint density at radius 1 is 1.00 bits per heavy atom. The van der Waals surface area contributed by atoms with Crippen molar-refractivity contribution in [2.75, 3.05) is 36.0 Å². The van der Waals surface area contributed by atoms with Crippen molar-refractivity contribution in [1.82, 2.24) is 0 Å². The molecule has 2 N–H and O–H groups in total. The lowest BCUT2D eigenvalue weighted by Gasteiger charge is -2.38. The SMILES string of the molecule is N#Cc1cc(N2CCN(c3ccccc3S(N)(=O)=O)CC2)ccc1C(F)(F)F. The fourth-order valence-electron chi connectivity index (χ4n) is 3.23. The first-order chi connectivity index (χ1) is 13.1. The monoisotopic (exact) mass is 410 g/mol. The Balaban J connectivity index is 1.80. The van der Waals surface area contributed by atoms with E-state index < -0.39 is 27.3 Å².